The molecule has 1 saturated heterocycles. The first kappa shape index (κ1) is 13.7. The van der Waals surface area contributed by atoms with Gasteiger partial charge in [0.05, 0.1) is 0 Å². The molecule has 1 aliphatic rings. The predicted octanol–water partition coefficient (Wildman–Crippen LogP) is 0.506. The van der Waals surface area contributed by atoms with E-state index < -0.39 is 0 Å². The Morgan fingerprint density at radius 2 is 1.81 bits per heavy atom. The fraction of sp³-hybridized carbons (Fsp3) is 0.429. The highest BCUT2D eigenvalue weighted by Gasteiger charge is 2.23. The van der Waals surface area contributed by atoms with Crippen LogP contribution in [0, 0.1) is 0 Å². The van der Waals surface area contributed by atoms with E-state index in [0.29, 0.717) is 10.9 Å². The molecule has 0 unspecified atom stereocenters. The normalized spacial score (nSPS) is 17.2. The molecule has 16 heavy (non-hydrogen) atoms. The van der Waals surface area contributed by atoms with Gasteiger partial charge in [0.1, 0.15) is 17.3 Å². The Bertz CT molecular complexity index is 326. The van der Waals surface area contributed by atoms with E-state index >= 15 is 0 Å². The van der Waals surface area contributed by atoms with Crippen LogP contribution in [-0.2, 0) is 10.9 Å². The van der Waals surface area contributed by atoms with E-state index in [2.05, 4.69) is 43.3 Å². The van der Waals surface area contributed by atoms with Gasteiger partial charge in [-0.3, -0.25) is 0 Å². The van der Waals surface area contributed by atoms with E-state index in [4.69, 9.17) is 0 Å². The molecule has 0 saturated carbocycles. The average Bonchev–Trinajstić information content (AvgIpc) is 2.71. The smallest absolute Gasteiger partial charge is 0.129 e. The van der Waals surface area contributed by atoms with Gasteiger partial charge in [-0.2, -0.15) is 0 Å². The molecule has 1 aliphatic heterocycles. The Balaban J connectivity index is 0.00000128. The van der Waals surface area contributed by atoms with Crippen LogP contribution >= 0.6 is 0 Å². The molecule has 0 N–H and O–H groups in total. The van der Waals surface area contributed by atoms with Crippen LogP contribution < -0.4 is 12.4 Å². The summed E-state index contributed by atoms with van der Waals surface area (Å²) in [6.07, 6.45) is 5.26. The van der Waals surface area contributed by atoms with Gasteiger partial charge in [-0.05, 0) is 41.8 Å². The van der Waals surface area contributed by atoms with E-state index in [9.17, 15) is 0 Å². The van der Waals surface area contributed by atoms with Crippen LogP contribution in [0.1, 0.15) is 25.3 Å². The quantitative estimate of drug-likeness (QED) is 0.690. The second-order valence-corrected chi connectivity index (χ2v) is 6.60. The van der Waals surface area contributed by atoms with Gasteiger partial charge < -0.3 is 12.4 Å². The third kappa shape index (κ3) is 4.23. The van der Waals surface area contributed by atoms with Gasteiger partial charge in [-0.1, -0.05) is 36.4 Å². The van der Waals surface area contributed by atoms with Crippen molar-refractivity contribution in [3.05, 3.63) is 41.5 Å². The molecule has 1 heterocycles. The molecule has 0 radical (unpaired) electrons. The SMILES string of the molecule is C/C(=C\c1ccccc1)C[S+]1CCCC1.[Cl-]. The lowest BCUT2D eigenvalue weighted by atomic mass is 10.1. The van der Waals surface area contributed by atoms with Crippen molar-refractivity contribution in [2.75, 3.05) is 17.3 Å². The van der Waals surface area contributed by atoms with Crippen molar-refractivity contribution >= 4 is 17.0 Å². The lowest BCUT2D eigenvalue weighted by molar-refractivity contribution is -0.00000311. The van der Waals surface area contributed by atoms with Crippen molar-refractivity contribution in [3.8, 4) is 0 Å². The van der Waals surface area contributed by atoms with Gasteiger partial charge in [-0.15, -0.1) is 0 Å². The van der Waals surface area contributed by atoms with Crippen LogP contribution in [0.2, 0.25) is 0 Å². The van der Waals surface area contributed by atoms with Gasteiger partial charge in [0.15, 0.2) is 0 Å². The maximum Gasteiger partial charge on any atom is 0.129 e. The molecule has 0 aliphatic carbocycles. The molecular weight excluding hydrogens is 236 g/mol. The van der Waals surface area contributed by atoms with Crippen molar-refractivity contribution in [1.29, 1.82) is 0 Å². The van der Waals surface area contributed by atoms with Crippen molar-refractivity contribution in [2.24, 2.45) is 0 Å². The number of rotatable bonds is 3. The van der Waals surface area contributed by atoms with E-state index in [1.165, 1.54) is 35.7 Å². The fourth-order valence-electron chi connectivity index (χ4n) is 2.06. The minimum atomic E-state index is 0. The third-order valence-electron chi connectivity index (χ3n) is 2.76. The zero-order valence-electron chi connectivity index (χ0n) is 9.79. The highest BCUT2D eigenvalue weighted by Crippen LogP contribution is 2.17. The maximum absolute atomic E-state index is 2.34. The summed E-state index contributed by atoms with van der Waals surface area (Å²) in [5.41, 5.74) is 2.89. The Hall–Kier alpha value is -0.400. The molecule has 88 valence electrons. The van der Waals surface area contributed by atoms with E-state index in [1.807, 2.05) is 0 Å². The largest absolute Gasteiger partial charge is 1.00 e. The molecule has 2 heteroatoms. The Labute approximate surface area is 108 Å². The lowest BCUT2D eigenvalue weighted by Crippen LogP contribution is -3.00. The zero-order chi connectivity index (χ0) is 10.5. The van der Waals surface area contributed by atoms with E-state index in [0.717, 1.165) is 0 Å². The highest BCUT2D eigenvalue weighted by molar-refractivity contribution is 7.97. The van der Waals surface area contributed by atoms with E-state index in [1.54, 1.807) is 5.57 Å². The lowest BCUT2D eigenvalue weighted by Gasteiger charge is -2.01. The molecule has 2 rings (SSSR count). The molecule has 1 fully saturated rings. The minimum Gasteiger partial charge on any atom is -1.00 e. The second kappa shape index (κ2) is 7.03. The van der Waals surface area contributed by atoms with Gasteiger partial charge in [0.25, 0.3) is 0 Å². The number of benzene rings is 1. The van der Waals surface area contributed by atoms with Gasteiger partial charge in [0.2, 0.25) is 0 Å². The van der Waals surface area contributed by atoms with E-state index in [-0.39, 0.29) is 12.4 Å². The number of hydrogen-bond donors (Lipinski definition) is 0. The standard InChI is InChI=1S/C14H19S.ClH/c1-13(12-15-9-5-6-10-15)11-14-7-3-2-4-8-14;/h2-4,7-8,11H,5-6,9-10,12H2,1H3;1H/q+1;/p-1/b13-11+;. The fourth-order valence-corrected chi connectivity index (χ4v) is 4.50. The molecular formula is C14H19ClS. The van der Waals surface area contributed by atoms with Crippen LogP contribution in [0.5, 0.6) is 0 Å². The summed E-state index contributed by atoms with van der Waals surface area (Å²) < 4.78 is 0. The molecule has 0 bridgehead atoms. The van der Waals surface area contributed by atoms with Gasteiger partial charge in [-0.25, -0.2) is 0 Å². The van der Waals surface area contributed by atoms with Crippen LogP contribution in [0.15, 0.2) is 35.9 Å². The monoisotopic (exact) mass is 254 g/mol. The van der Waals surface area contributed by atoms with Crippen LogP contribution in [-0.4, -0.2) is 17.3 Å². The number of halogens is 1. The van der Waals surface area contributed by atoms with Crippen molar-refractivity contribution in [1.82, 2.24) is 0 Å². The molecule has 0 amide bonds. The highest BCUT2D eigenvalue weighted by atomic mass is 35.5. The van der Waals surface area contributed by atoms with Crippen molar-refractivity contribution in [2.45, 2.75) is 19.8 Å². The maximum atomic E-state index is 2.34. The first-order chi connectivity index (χ1) is 7.34. The topological polar surface area (TPSA) is 0 Å². The van der Waals surface area contributed by atoms with Crippen molar-refractivity contribution in [3.63, 3.8) is 0 Å². The Morgan fingerprint density at radius 1 is 1.19 bits per heavy atom. The molecule has 0 aromatic heterocycles. The van der Waals surface area contributed by atoms with Crippen LogP contribution in [0.4, 0.5) is 0 Å². The van der Waals surface area contributed by atoms with Crippen LogP contribution in [0.25, 0.3) is 6.08 Å². The Kier molecular flexibility index (Phi) is 6.00. The van der Waals surface area contributed by atoms with Crippen molar-refractivity contribution < 1.29 is 12.4 Å². The summed E-state index contributed by atoms with van der Waals surface area (Å²) in [6, 6.07) is 10.7. The Morgan fingerprint density at radius 3 is 2.44 bits per heavy atom. The first-order valence-corrected chi connectivity index (χ1v) is 7.44. The average molecular weight is 255 g/mol. The predicted molar refractivity (Wildman–Crippen MR) is 71.3 cm³/mol. The summed E-state index contributed by atoms with van der Waals surface area (Å²) >= 11 is 0. The number of hydrogen-bond acceptors (Lipinski definition) is 0. The summed E-state index contributed by atoms with van der Waals surface area (Å²) in [4.78, 5) is 0. The second-order valence-electron chi connectivity index (χ2n) is 4.27. The summed E-state index contributed by atoms with van der Waals surface area (Å²) in [6.45, 7) is 2.28. The van der Waals surface area contributed by atoms with Gasteiger partial charge in [0, 0.05) is 0 Å². The molecule has 0 nitrogen and oxygen atoms in total. The van der Waals surface area contributed by atoms with Gasteiger partial charge >= 0.3 is 0 Å². The third-order valence-corrected chi connectivity index (χ3v) is 5.36. The summed E-state index contributed by atoms with van der Waals surface area (Å²) in [5.74, 6) is 4.27. The van der Waals surface area contributed by atoms with Crippen LogP contribution in [0.3, 0.4) is 0 Å². The minimum absolute atomic E-state index is 0. The first-order valence-electron chi connectivity index (χ1n) is 5.71. The molecule has 1 aromatic rings. The summed E-state index contributed by atoms with van der Waals surface area (Å²) in [5, 5.41) is 0. The molecule has 0 spiro atoms. The zero-order valence-corrected chi connectivity index (χ0v) is 11.4. The molecule has 0 atom stereocenters. The molecule has 1 aromatic carbocycles. The summed E-state index contributed by atoms with van der Waals surface area (Å²) in [7, 11) is 0.701.